The summed E-state index contributed by atoms with van der Waals surface area (Å²) in [6, 6.07) is 17.4. The summed E-state index contributed by atoms with van der Waals surface area (Å²) < 4.78 is 2.63. The molecule has 10 heteroatoms. The van der Waals surface area contributed by atoms with Gasteiger partial charge >= 0.3 is 0 Å². The molecule has 1 unspecified atom stereocenters. The van der Waals surface area contributed by atoms with E-state index in [2.05, 4.69) is 72.8 Å². The van der Waals surface area contributed by atoms with E-state index in [1.807, 2.05) is 61.5 Å². The summed E-state index contributed by atoms with van der Waals surface area (Å²) in [5.41, 5.74) is 3.48. The molecule has 0 fully saturated rings. The Morgan fingerprint density at radius 3 is 2.09 bits per heavy atom. The quantitative estimate of drug-likeness (QED) is 0.193. The van der Waals surface area contributed by atoms with Crippen molar-refractivity contribution in [2.75, 3.05) is 6.54 Å². The molecule has 35 heavy (non-hydrogen) atoms. The normalized spacial score (nSPS) is 11.6. The molecule has 3 aromatic carbocycles. The molecule has 0 heterocycles. The predicted molar refractivity (Wildman–Crippen MR) is 162 cm³/mol. The predicted octanol–water partition coefficient (Wildman–Crippen LogP) is 6.59. The van der Waals surface area contributed by atoms with E-state index in [0.717, 1.165) is 28.8 Å². The zero-order valence-electron chi connectivity index (χ0n) is 18.7. The standard InChI is InChI=1S/C23H19I3N2O2.C2H4O2.Co/c1-14-7-16(22(29)19(25)8-14)11-27-13-21(15-5-3-2-4-6-15)28-12-17-9-18(24)10-20(26)23(17)30;1-2(3)4;/h2-12,21,29-30H,13H2,1H3;1H3,(H,3,4);. The second-order valence-corrected chi connectivity index (χ2v) is 10.8. The zero-order valence-corrected chi connectivity index (χ0v) is 26.3. The number of hydrogen-bond acceptors (Lipinski definition) is 5. The third kappa shape index (κ3) is 10.7. The summed E-state index contributed by atoms with van der Waals surface area (Å²) in [5, 5.41) is 28.1. The van der Waals surface area contributed by atoms with Crippen LogP contribution in [-0.4, -0.2) is 40.3 Å². The van der Waals surface area contributed by atoms with Crippen LogP contribution < -0.4 is 0 Å². The molecule has 0 saturated carbocycles. The summed E-state index contributed by atoms with van der Waals surface area (Å²) in [6.07, 6.45) is 3.40. The maximum absolute atomic E-state index is 10.4. The Kier molecular flexibility index (Phi) is 14.3. The second kappa shape index (κ2) is 15.8. The molecule has 0 spiro atoms. The minimum Gasteiger partial charge on any atom is -0.506 e. The molecule has 0 aromatic heterocycles. The number of benzene rings is 3. The monoisotopic (exact) mass is 855 g/mol. The van der Waals surface area contributed by atoms with Crippen molar-refractivity contribution in [1.29, 1.82) is 0 Å². The molecule has 0 bridgehead atoms. The van der Waals surface area contributed by atoms with Gasteiger partial charge < -0.3 is 15.3 Å². The van der Waals surface area contributed by atoms with Gasteiger partial charge in [-0.2, -0.15) is 0 Å². The molecule has 3 rings (SSSR count). The van der Waals surface area contributed by atoms with E-state index >= 15 is 0 Å². The number of aliphatic imine (C=N–C) groups is 2. The van der Waals surface area contributed by atoms with E-state index in [1.165, 1.54) is 0 Å². The molecule has 0 aliphatic carbocycles. The Hall–Kier alpha value is -1.23. The van der Waals surface area contributed by atoms with Gasteiger partial charge in [0.05, 0.1) is 19.7 Å². The van der Waals surface area contributed by atoms with Crippen LogP contribution in [-0.2, 0) is 21.6 Å². The van der Waals surface area contributed by atoms with Crippen molar-refractivity contribution in [3.05, 3.63) is 87.6 Å². The van der Waals surface area contributed by atoms with Gasteiger partial charge in [-0.15, -0.1) is 0 Å². The van der Waals surface area contributed by atoms with Crippen LogP contribution in [0.2, 0.25) is 0 Å². The molecule has 6 nitrogen and oxygen atoms in total. The van der Waals surface area contributed by atoms with Crippen LogP contribution in [0.15, 0.2) is 64.6 Å². The van der Waals surface area contributed by atoms with Crippen LogP contribution in [0, 0.1) is 17.6 Å². The van der Waals surface area contributed by atoms with Crippen LogP contribution >= 0.6 is 67.8 Å². The average Bonchev–Trinajstić information content (AvgIpc) is 2.77. The molecule has 1 radical (unpaired) electrons. The van der Waals surface area contributed by atoms with E-state index in [-0.39, 0.29) is 34.3 Å². The van der Waals surface area contributed by atoms with Crippen LogP contribution in [0.1, 0.15) is 35.2 Å². The third-order valence-electron chi connectivity index (χ3n) is 4.38. The molecular formula is C25H23CoI3N2O4. The second-order valence-electron chi connectivity index (χ2n) is 7.23. The van der Waals surface area contributed by atoms with Crippen LogP contribution in [0.3, 0.4) is 0 Å². The molecule has 3 N–H and O–H groups in total. The topological polar surface area (TPSA) is 102 Å². The molecule has 0 aliphatic rings. The number of phenols is 2. The van der Waals surface area contributed by atoms with Gasteiger partial charge in [0.1, 0.15) is 11.5 Å². The van der Waals surface area contributed by atoms with Gasteiger partial charge in [0, 0.05) is 50.8 Å². The first-order valence-electron chi connectivity index (χ1n) is 10.0. The number of carboxylic acid groups (broad SMARTS) is 1. The molecule has 0 aliphatic heterocycles. The fourth-order valence-corrected chi connectivity index (χ4v) is 5.57. The maximum Gasteiger partial charge on any atom is 0.300 e. The Balaban J connectivity index is 0.00000114. The van der Waals surface area contributed by atoms with Crippen molar-refractivity contribution in [1.82, 2.24) is 0 Å². The summed E-state index contributed by atoms with van der Waals surface area (Å²) >= 11 is 6.46. The Morgan fingerprint density at radius 2 is 1.49 bits per heavy atom. The van der Waals surface area contributed by atoms with E-state index in [4.69, 9.17) is 14.9 Å². The smallest absolute Gasteiger partial charge is 0.300 e. The summed E-state index contributed by atoms with van der Waals surface area (Å²) in [6.45, 7) is 3.50. The van der Waals surface area contributed by atoms with Gasteiger partial charge in [-0.25, -0.2) is 0 Å². The molecule has 0 saturated heterocycles. The van der Waals surface area contributed by atoms with Gasteiger partial charge in [0.2, 0.25) is 0 Å². The third-order valence-corrected chi connectivity index (χ3v) is 6.65. The first-order chi connectivity index (χ1) is 16.1. The fraction of sp³-hybridized carbons (Fsp3) is 0.160. The number of halogens is 3. The van der Waals surface area contributed by atoms with Crippen molar-refractivity contribution in [3.8, 4) is 11.5 Å². The van der Waals surface area contributed by atoms with Crippen molar-refractivity contribution in [3.63, 3.8) is 0 Å². The number of carbonyl (C=O) groups is 1. The van der Waals surface area contributed by atoms with Crippen LogP contribution in [0.4, 0.5) is 0 Å². The SMILES string of the molecule is CC(=O)O.Cc1cc(I)c(O)c(C=NCC(N=Cc2cc(I)cc(I)c2O)c2ccccc2)c1.[Co]. The van der Waals surface area contributed by atoms with Crippen molar-refractivity contribution in [2.24, 2.45) is 9.98 Å². The van der Waals surface area contributed by atoms with Crippen LogP contribution in [0.25, 0.3) is 0 Å². The maximum atomic E-state index is 10.4. The molecule has 187 valence electrons. The largest absolute Gasteiger partial charge is 0.506 e. The molecular weight excluding hydrogens is 832 g/mol. The van der Waals surface area contributed by atoms with Gasteiger partial charge in [-0.3, -0.25) is 14.8 Å². The molecule has 3 aromatic rings. The van der Waals surface area contributed by atoms with Gasteiger partial charge in [-0.05, 0) is 110 Å². The van der Waals surface area contributed by atoms with Gasteiger partial charge in [-0.1, -0.05) is 30.3 Å². The van der Waals surface area contributed by atoms with Crippen LogP contribution in [0.5, 0.6) is 11.5 Å². The number of phenolic OH excluding ortho intramolecular Hbond substituents is 2. The average molecular weight is 855 g/mol. The summed E-state index contributed by atoms with van der Waals surface area (Å²) in [5.74, 6) is -0.364. The number of carboxylic acids is 1. The number of rotatable bonds is 6. The number of aliphatic carboxylic acids is 1. The Bertz CT molecular complexity index is 1200. The first-order valence-corrected chi connectivity index (χ1v) is 13.3. The van der Waals surface area contributed by atoms with Gasteiger partial charge in [0.15, 0.2) is 0 Å². The van der Waals surface area contributed by atoms with E-state index in [0.29, 0.717) is 17.7 Å². The van der Waals surface area contributed by atoms with Crippen molar-refractivity contribution < 1.29 is 36.9 Å². The van der Waals surface area contributed by atoms with E-state index in [1.54, 1.807) is 12.4 Å². The summed E-state index contributed by atoms with van der Waals surface area (Å²) in [7, 11) is 0. The number of hydrogen-bond donors (Lipinski definition) is 3. The Morgan fingerprint density at radius 1 is 0.943 bits per heavy atom. The minimum atomic E-state index is -0.833. The fourth-order valence-electron chi connectivity index (χ4n) is 2.88. The Labute approximate surface area is 256 Å². The minimum absolute atomic E-state index is 0. The number of nitrogens with zero attached hydrogens (tertiary/aromatic N) is 2. The first kappa shape index (κ1) is 31.8. The zero-order chi connectivity index (χ0) is 25.3. The van der Waals surface area contributed by atoms with E-state index < -0.39 is 5.97 Å². The van der Waals surface area contributed by atoms with E-state index in [9.17, 15) is 10.2 Å². The summed E-state index contributed by atoms with van der Waals surface area (Å²) in [4.78, 5) is 18.3. The molecule has 0 amide bonds. The molecule has 1 atom stereocenters. The number of aryl methyl sites for hydroxylation is 1. The van der Waals surface area contributed by atoms with Crippen molar-refractivity contribution in [2.45, 2.75) is 19.9 Å². The van der Waals surface area contributed by atoms with Gasteiger partial charge in [0.25, 0.3) is 5.97 Å². The number of aromatic hydroxyl groups is 2. The van der Waals surface area contributed by atoms with Crippen molar-refractivity contribution >= 4 is 86.2 Å².